The normalized spacial score (nSPS) is 9.84. The molecule has 0 amide bonds. The first-order valence-electron chi connectivity index (χ1n) is 6.51. The van der Waals surface area contributed by atoms with Crippen molar-refractivity contribution in [2.24, 2.45) is 0 Å². The van der Waals surface area contributed by atoms with Gasteiger partial charge in [0, 0.05) is 0 Å². The Balaban J connectivity index is 1.77. The number of rotatable bonds is 6. The molecule has 0 bridgehead atoms. The number of benzene rings is 2. The van der Waals surface area contributed by atoms with E-state index in [0.29, 0.717) is 13.0 Å². The zero-order valence-electron chi connectivity index (χ0n) is 10.9. The fraction of sp³-hybridized carbons (Fsp3) is 0.235. The second-order valence-electron chi connectivity index (χ2n) is 4.42. The van der Waals surface area contributed by atoms with E-state index < -0.39 is 0 Å². The molecule has 96 valence electrons. The standard InChI is InChI=1S/C17H17NO/c18-12-11-16-8-4-10-17(14-16)19-13-5-9-15-6-2-1-3-7-15/h1-4,6-8,10,14H,5,9,11,13H2. The van der Waals surface area contributed by atoms with Crippen molar-refractivity contribution in [1.29, 1.82) is 5.26 Å². The molecular weight excluding hydrogens is 234 g/mol. The van der Waals surface area contributed by atoms with Crippen LogP contribution in [0.3, 0.4) is 0 Å². The SMILES string of the molecule is N#CCc1cccc(OCCCc2ccccc2)c1. The molecular formula is C17H17NO. The van der Waals surface area contributed by atoms with Crippen LogP contribution in [0.1, 0.15) is 17.5 Å². The Kier molecular flexibility index (Phi) is 5.01. The minimum atomic E-state index is 0.432. The molecule has 0 heterocycles. The van der Waals surface area contributed by atoms with Crippen molar-refractivity contribution in [1.82, 2.24) is 0 Å². The molecule has 0 aliphatic heterocycles. The van der Waals surface area contributed by atoms with Crippen LogP contribution >= 0.6 is 0 Å². The lowest BCUT2D eigenvalue weighted by Crippen LogP contribution is -1.99. The first-order valence-corrected chi connectivity index (χ1v) is 6.51. The molecule has 0 aliphatic carbocycles. The van der Waals surface area contributed by atoms with E-state index >= 15 is 0 Å². The highest BCUT2D eigenvalue weighted by Gasteiger charge is 1.97. The van der Waals surface area contributed by atoms with Gasteiger partial charge >= 0.3 is 0 Å². The first kappa shape index (κ1) is 13.2. The quantitative estimate of drug-likeness (QED) is 0.732. The molecule has 0 fully saturated rings. The van der Waals surface area contributed by atoms with Crippen LogP contribution in [0, 0.1) is 11.3 Å². The molecule has 0 spiro atoms. The van der Waals surface area contributed by atoms with Crippen LogP contribution in [0.5, 0.6) is 5.75 Å². The smallest absolute Gasteiger partial charge is 0.119 e. The first-order chi connectivity index (χ1) is 9.38. The van der Waals surface area contributed by atoms with E-state index in [9.17, 15) is 0 Å². The van der Waals surface area contributed by atoms with Crippen LogP contribution in [-0.4, -0.2) is 6.61 Å². The van der Waals surface area contributed by atoms with Crippen molar-refractivity contribution < 1.29 is 4.74 Å². The number of nitriles is 1. The fourth-order valence-electron chi connectivity index (χ4n) is 1.95. The summed E-state index contributed by atoms with van der Waals surface area (Å²) in [6.07, 6.45) is 2.45. The molecule has 0 saturated heterocycles. The van der Waals surface area contributed by atoms with Crippen molar-refractivity contribution in [2.45, 2.75) is 19.3 Å². The zero-order valence-corrected chi connectivity index (χ0v) is 10.9. The van der Waals surface area contributed by atoms with Crippen LogP contribution in [0.4, 0.5) is 0 Å². The number of aryl methyl sites for hydroxylation is 1. The van der Waals surface area contributed by atoms with Gasteiger partial charge in [-0.15, -0.1) is 0 Å². The third-order valence-electron chi connectivity index (χ3n) is 2.90. The summed E-state index contributed by atoms with van der Waals surface area (Å²) in [4.78, 5) is 0. The van der Waals surface area contributed by atoms with Crippen LogP contribution < -0.4 is 4.74 Å². The fourth-order valence-corrected chi connectivity index (χ4v) is 1.95. The van der Waals surface area contributed by atoms with Crippen molar-refractivity contribution in [3.63, 3.8) is 0 Å². The minimum absolute atomic E-state index is 0.432. The molecule has 2 heteroatoms. The van der Waals surface area contributed by atoms with Crippen molar-refractivity contribution in [3.05, 3.63) is 65.7 Å². The van der Waals surface area contributed by atoms with Gasteiger partial charge in [0.1, 0.15) is 5.75 Å². The summed E-state index contributed by atoms with van der Waals surface area (Å²) < 4.78 is 5.71. The number of ether oxygens (including phenoxy) is 1. The van der Waals surface area contributed by atoms with Gasteiger partial charge < -0.3 is 4.74 Å². The molecule has 0 aromatic heterocycles. The Morgan fingerprint density at radius 1 is 0.947 bits per heavy atom. The van der Waals surface area contributed by atoms with E-state index in [1.165, 1.54) is 5.56 Å². The highest BCUT2D eigenvalue weighted by Crippen LogP contribution is 2.14. The van der Waals surface area contributed by atoms with Crippen molar-refractivity contribution in [2.75, 3.05) is 6.61 Å². The molecule has 0 aliphatic rings. The summed E-state index contributed by atoms with van der Waals surface area (Å²) in [6.45, 7) is 0.699. The maximum atomic E-state index is 8.66. The molecule has 2 nitrogen and oxygen atoms in total. The highest BCUT2D eigenvalue weighted by atomic mass is 16.5. The molecule has 0 radical (unpaired) electrons. The van der Waals surface area contributed by atoms with E-state index in [0.717, 1.165) is 24.2 Å². The Morgan fingerprint density at radius 3 is 2.53 bits per heavy atom. The van der Waals surface area contributed by atoms with Gasteiger partial charge in [0.05, 0.1) is 19.1 Å². The van der Waals surface area contributed by atoms with E-state index in [4.69, 9.17) is 10.00 Å². The third kappa shape index (κ3) is 4.48. The van der Waals surface area contributed by atoms with Crippen molar-refractivity contribution in [3.8, 4) is 11.8 Å². The van der Waals surface area contributed by atoms with Gasteiger partial charge in [-0.25, -0.2) is 0 Å². The van der Waals surface area contributed by atoms with Gasteiger partial charge in [-0.3, -0.25) is 0 Å². The molecule has 0 atom stereocenters. The van der Waals surface area contributed by atoms with Gasteiger partial charge in [0.25, 0.3) is 0 Å². The van der Waals surface area contributed by atoms with Gasteiger partial charge in [0.15, 0.2) is 0 Å². The number of hydrogen-bond acceptors (Lipinski definition) is 2. The van der Waals surface area contributed by atoms with Gasteiger partial charge in [-0.05, 0) is 36.1 Å². The molecule has 0 saturated carbocycles. The molecule has 0 N–H and O–H groups in total. The molecule has 19 heavy (non-hydrogen) atoms. The largest absolute Gasteiger partial charge is 0.494 e. The van der Waals surface area contributed by atoms with Gasteiger partial charge in [0.2, 0.25) is 0 Å². The summed E-state index contributed by atoms with van der Waals surface area (Å²) in [5.41, 5.74) is 2.34. The summed E-state index contributed by atoms with van der Waals surface area (Å²) in [5.74, 6) is 0.848. The average molecular weight is 251 g/mol. The Hall–Kier alpha value is -2.27. The minimum Gasteiger partial charge on any atom is -0.494 e. The zero-order chi connectivity index (χ0) is 13.3. The van der Waals surface area contributed by atoms with Crippen LogP contribution in [0.2, 0.25) is 0 Å². The summed E-state index contributed by atoms with van der Waals surface area (Å²) in [7, 11) is 0. The van der Waals surface area contributed by atoms with Crippen LogP contribution in [0.15, 0.2) is 54.6 Å². The monoisotopic (exact) mass is 251 g/mol. The maximum absolute atomic E-state index is 8.66. The van der Waals surface area contributed by atoms with E-state index in [-0.39, 0.29) is 0 Å². The van der Waals surface area contributed by atoms with E-state index in [1.807, 2.05) is 30.3 Å². The van der Waals surface area contributed by atoms with Gasteiger partial charge in [-0.2, -0.15) is 5.26 Å². The maximum Gasteiger partial charge on any atom is 0.119 e. The lowest BCUT2D eigenvalue weighted by molar-refractivity contribution is 0.311. The number of hydrogen-bond donors (Lipinski definition) is 0. The van der Waals surface area contributed by atoms with Crippen LogP contribution in [-0.2, 0) is 12.8 Å². The molecule has 2 aromatic rings. The van der Waals surface area contributed by atoms with Crippen LogP contribution in [0.25, 0.3) is 0 Å². The van der Waals surface area contributed by atoms with Crippen molar-refractivity contribution >= 4 is 0 Å². The lowest BCUT2D eigenvalue weighted by Gasteiger charge is -2.07. The molecule has 0 unspecified atom stereocenters. The summed E-state index contributed by atoms with van der Waals surface area (Å²) in [5, 5.41) is 8.66. The predicted molar refractivity (Wildman–Crippen MR) is 76.0 cm³/mol. The lowest BCUT2D eigenvalue weighted by atomic mass is 10.1. The summed E-state index contributed by atoms with van der Waals surface area (Å²) in [6, 6.07) is 20.3. The van der Waals surface area contributed by atoms with E-state index in [1.54, 1.807) is 0 Å². The number of nitrogens with zero attached hydrogens (tertiary/aromatic N) is 1. The third-order valence-corrected chi connectivity index (χ3v) is 2.90. The topological polar surface area (TPSA) is 33.0 Å². The highest BCUT2D eigenvalue weighted by molar-refractivity contribution is 5.30. The Bertz CT molecular complexity index is 543. The van der Waals surface area contributed by atoms with Gasteiger partial charge in [-0.1, -0.05) is 42.5 Å². The Morgan fingerprint density at radius 2 is 1.74 bits per heavy atom. The average Bonchev–Trinajstić information content (AvgIpc) is 2.46. The predicted octanol–water partition coefficient (Wildman–Crippen LogP) is 3.76. The Labute approximate surface area is 114 Å². The molecule has 2 rings (SSSR count). The second-order valence-corrected chi connectivity index (χ2v) is 4.42. The van der Waals surface area contributed by atoms with E-state index in [2.05, 4.69) is 30.3 Å². The second kappa shape index (κ2) is 7.23. The summed E-state index contributed by atoms with van der Waals surface area (Å²) >= 11 is 0. The molecule has 2 aromatic carbocycles.